The van der Waals surface area contributed by atoms with E-state index in [0.717, 1.165) is 12.1 Å². The zero-order chi connectivity index (χ0) is 18.9. The number of likely N-dealkylation sites (tertiary alicyclic amines) is 1. The number of anilines is 1. The van der Waals surface area contributed by atoms with E-state index >= 15 is 0 Å². The zero-order valence-corrected chi connectivity index (χ0v) is 14.1. The minimum absolute atomic E-state index is 0.0680. The minimum Gasteiger partial charge on any atom is -0.467 e. The van der Waals surface area contributed by atoms with Gasteiger partial charge in [0.25, 0.3) is 0 Å². The van der Waals surface area contributed by atoms with Crippen LogP contribution in [0, 0.1) is 5.92 Å². The number of alkyl halides is 3. The molecule has 1 N–H and O–H groups in total. The van der Waals surface area contributed by atoms with Gasteiger partial charge in [-0.25, -0.2) is 0 Å². The topological polar surface area (TPSA) is 62.6 Å². The Morgan fingerprint density at radius 1 is 1.35 bits per heavy atom. The number of carbonyl (C=O) groups is 2. The fraction of sp³-hybridized carbons (Fsp3) is 0.294. The largest absolute Gasteiger partial charge is 0.467 e. The fourth-order valence-corrected chi connectivity index (χ4v) is 2.96. The summed E-state index contributed by atoms with van der Waals surface area (Å²) in [6, 6.07) is 6.49. The average Bonchev–Trinajstić information content (AvgIpc) is 3.19. The van der Waals surface area contributed by atoms with Crippen LogP contribution in [0.15, 0.2) is 41.0 Å². The average molecular weight is 387 g/mol. The van der Waals surface area contributed by atoms with Crippen molar-refractivity contribution in [3.8, 4) is 0 Å². The molecule has 1 atom stereocenters. The van der Waals surface area contributed by atoms with Gasteiger partial charge < -0.3 is 14.6 Å². The van der Waals surface area contributed by atoms with Crippen LogP contribution in [0.1, 0.15) is 17.7 Å². The van der Waals surface area contributed by atoms with E-state index in [4.69, 9.17) is 16.0 Å². The maximum absolute atomic E-state index is 13.1. The first kappa shape index (κ1) is 18.3. The van der Waals surface area contributed by atoms with E-state index in [0.29, 0.717) is 5.76 Å². The number of nitrogens with one attached hydrogen (secondary N) is 1. The summed E-state index contributed by atoms with van der Waals surface area (Å²) >= 11 is 5.62. The summed E-state index contributed by atoms with van der Waals surface area (Å²) in [7, 11) is 0. The molecule has 9 heteroatoms. The monoisotopic (exact) mass is 386 g/mol. The molecule has 138 valence electrons. The van der Waals surface area contributed by atoms with Gasteiger partial charge in [0.05, 0.1) is 30.0 Å². The lowest BCUT2D eigenvalue weighted by Gasteiger charge is -2.17. The summed E-state index contributed by atoms with van der Waals surface area (Å²) in [6.07, 6.45) is -3.26. The fourth-order valence-electron chi connectivity index (χ4n) is 2.79. The third-order valence-electron chi connectivity index (χ3n) is 4.06. The van der Waals surface area contributed by atoms with E-state index in [1.807, 2.05) is 0 Å². The van der Waals surface area contributed by atoms with E-state index in [9.17, 15) is 22.8 Å². The Bertz CT molecular complexity index is 821. The molecule has 0 radical (unpaired) electrons. The van der Waals surface area contributed by atoms with Gasteiger partial charge >= 0.3 is 6.18 Å². The highest BCUT2D eigenvalue weighted by Gasteiger charge is 2.37. The molecule has 1 aliphatic heterocycles. The first-order valence-corrected chi connectivity index (χ1v) is 8.09. The van der Waals surface area contributed by atoms with Gasteiger partial charge in [-0.3, -0.25) is 9.59 Å². The van der Waals surface area contributed by atoms with Crippen LogP contribution in [0.5, 0.6) is 0 Å². The molecular weight excluding hydrogens is 373 g/mol. The molecule has 2 amide bonds. The molecule has 5 nitrogen and oxygen atoms in total. The Morgan fingerprint density at radius 2 is 2.12 bits per heavy atom. The SMILES string of the molecule is O=C(Nc1ccc(Cl)cc1C(F)(F)F)C1CC(=O)N(Cc2ccco2)C1. The van der Waals surface area contributed by atoms with Crippen molar-refractivity contribution in [1.82, 2.24) is 4.90 Å². The highest BCUT2D eigenvalue weighted by molar-refractivity contribution is 6.30. The predicted molar refractivity (Wildman–Crippen MR) is 87.3 cm³/mol. The molecule has 1 unspecified atom stereocenters. The highest BCUT2D eigenvalue weighted by Crippen LogP contribution is 2.37. The summed E-state index contributed by atoms with van der Waals surface area (Å²) in [6.45, 7) is 0.324. The molecule has 0 spiro atoms. The zero-order valence-electron chi connectivity index (χ0n) is 13.3. The van der Waals surface area contributed by atoms with Crippen molar-refractivity contribution >= 4 is 29.1 Å². The van der Waals surface area contributed by atoms with Gasteiger partial charge in [-0.2, -0.15) is 13.2 Å². The molecule has 26 heavy (non-hydrogen) atoms. The number of benzene rings is 1. The molecule has 1 aromatic heterocycles. The van der Waals surface area contributed by atoms with Crippen molar-refractivity contribution in [2.45, 2.75) is 19.1 Å². The van der Waals surface area contributed by atoms with E-state index in [1.54, 1.807) is 12.1 Å². The van der Waals surface area contributed by atoms with Gasteiger partial charge in [0.1, 0.15) is 5.76 Å². The maximum atomic E-state index is 13.1. The van der Waals surface area contributed by atoms with Crippen LogP contribution in [-0.2, 0) is 22.3 Å². The molecule has 1 aliphatic rings. The van der Waals surface area contributed by atoms with Crippen LogP contribution in [0.2, 0.25) is 5.02 Å². The van der Waals surface area contributed by atoms with Crippen LogP contribution in [0.25, 0.3) is 0 Å². The Hall–Kier alpha value is -2.48. The molecule has 0 aliphatic carbocycles. The number of rotatable bonds is 4. The highest BCUT2D eigenvalue weighted by atomic mass is 35.5. The lowest BCUT2D eigenvalue weighted by molar-refractivity contribution is -0.137. The Balaban J connectivity index is 1.70. The standard InChI is InChI=1S/C17H14ClF3N2O3/c18-11-3-4-14(13(7-11)17(19,20)21)22-16(25)10-6-15(24)23(8-10)9-12-2-1-5-26-12/h1-5,7,10H,6,8-9H2,(H,22,25). The molecule has 1 fully saturated rings. The van der Waals surface area contributed by atoms with Crippen molar-refractivity contribution in [3.63, 3.8) is 0 Å². The maximum Gasteiger partial charge on any atom is 0.418 e. The first-order valence-electron chi connectivity index (χ1n) is 7.72. The number of amides is 2. The lowest BCUT2D eigenvalue weighted by Crippen LogP contribution is -2.28. The Kier molecular flexibility index (Phi) is 4.95. The smallest absolute Gasteiger partial charge is 0.418 e. The van der Waals surface area contributed by atoms with Crippen molar-refractivity contribution in [1.29, 1.82) is 0 Å². The van der Waals surface area contributed by atoms with Crippen LogP contribution in [0.4, 0.5) is 18.9 Å². The van der Waals surface area contributed by atoms with Crippen molar-refractivity contribution < 1.29 is 27.2 Å². The third-order valence-corrected chi connectivity index (χ3v) is 4.29. The van der Waals surface area contributed by atoms with Gasteiger partial charge in [0.2, 0.25) is 11.8 Å². The second-order valence-corrected chi connectivity index (χ2v) is 6.37. The number of nitrogens with zero attached hydrogens (tertiary/aromatic N) is 1. The second-order valence-electron chi connectivity index (χ2n) is 5.93. The van der Waals surface area contributed by atoms with E-state index in [-0.39, 0.29) is 36.1 Å². The number of halogens is 4. The second kappa shape index (κ2) is 7.03. The van der Waals surface area contributed by atoms with Crippen LogP contribution in [-0.4, -0.2) is 23.3 Å². The Labute approximate surface area is 151 Å². The predicted octanol–water partition coefficient (Wildman–Crippen LogP) is 3.94. The van der Waals surface area contributed by atoms with E-state index in [1.165, 1.54) is 17.2 Å². The molecule has 0 bridgehead atoms. The van der Waals surface area contributed by atoms with Crippen LogP contribution >= 0.6 is 11.6 Å². The van der Waals surface area contributed by atoms with Gasteiger partial charge in [0.15, 0.2) is 0 Å². The molecule has 0 saturated carbocycles. The number of carbonyl (C=O) groups excluding carboxylic acids is 2. The van der Waals surface area contributed by atoms with E-state index < -0.39 is 23.6 Å². The van der Waals surface area contributed by atoms with Gasteiger partial charge in [-0.1, -0.05) is 11.6 Å². The van der Waals surface area contributed by atoms with Crippen LogP contribution < -0.4 is 5.32 Å². The normalized spacial score (nSPS) is 17.6. The minimum atomic E-state index is -4.66. The van der Waals surface area contributed by atoms with Crippen molar-refractivity contribution in [2.75, 3.05) is 11.9 Å². The lowest BCUT2D eigenvalue weighted by atomic mass is 10.1. The molecule has 2 heterocycles. The van der Waals surface area contributed by atoms with E-state index in [2.05, 4.69) is 5.32 Å². The van der Waals surface area contributed by atoms with Crippen LogP contribution in [0.3, 0.4) is 0 Å². The summed E-state index contributed by atoms with van der Waals surface area (Å²) in [5.74, 6) is -1.08. The Morgan fingerprint density at radius 3 is 2.77 bits per heavy atom. The van der Waals surface area contributed by atoms with Gasteiger partial charge in [-0.15, -0.1) is 0 Å². The molecule has 3 rings (SSSR count). The van der Waals surface area contributed by atoms with Gasteiger partial charge in [-0.05, 0) is 30.3 Å². The number of hydrogen-bond acceptors (Lipinski definition) is 3. The molecular formula is C17H14ClF3N2O3. The number of hydrogen-bond donors (Lipinski definition) is 1. The summed E-state index contributed by atoms with van der Waals surface area (Å²) in [5, 5.41) is 2.18. The third kappa shape index (κ3) is 4.01. The molecule has 2 aromatic rings. The molecule has 1 saturated heterocycles. The summed E-state index contributed by atoms with van der Waals surface area (Å²) in [4.78, 5) is 25.8. The first-order chi connectivity index (χ1) is 12.2. The van der Waals surface area contributed by atoms with Gasteiger partial charge in [0, 0.05) is 18.0 Å². The summed E-state index contributed by atoms with van der Waals surface area (Å²) < 4.78 is 44.5. The summed E-state index contributed by atoms with van der Waals surface area (Å²) in [5.41, 5.74) is -1.42. The van der Waals surface area contributed by atoms with Crippen molar-refractivity contribution in [2.24, 2.45) is 5.92 Å². The number of furan rings is 1. The quantitative estimate of drug-likeness (QED) is 0.865. The molecule has 1 aromatic carbocycles. The van der Waals surface area contributed by atoms with Crippen molar-refractivity contribution in [3.05, 3.63) is 52.9 Å².